The normalized spacial score (nSPS) is 11.1. The molecule has 3 N–H and O–H groups in total. The fraction of sp³-hybridized carbons (Fsp3) is 0. The van der Waals surface area contributed by atoms with Crippen LogP contribution < -0.4 is 4.74 Å². The molecule has 1 aliphatic carbocycles. The first-order chi connectivity index (χ1) is 15.4. The van der Waals surface area contributed by atoms with Gasteiger partial charge in [0.1, 0.15) is 22.8 Å². The van der Waals surface area contributed by atoms with E-state index in [0.717, 1.165) is 39.9 Å². The molecule has 0 heterocycles. The number of carboxylic acids is 1. The molecule has 156 valence electrons. The molecule has 0 spiro atoms. The van der Waals surface area contributed by atoms with E-state index in [2.05, 4.69) is 0 Å². The molecule has 0 radical (unpaired) electrons. The molecule has 5 rings (SSSR count). The number of carbonyl (C=O) groups is 2. The van der Waals surface area contributed by atoms with Crippen LogP contribution in [0, 0.1) is 0 Å². The summed E-state index contributed by atoms with van der Waals surface area (Å²) in [7, 11) is 0. The Morgan fingerprint density at radius 2 is 1.22 bits per heavy atom. The van der Waals surface area contributed by atoms with Gasteiger partial charge in [0.05, 0.1) is 5.56 Å². The van der Waals surface area contributed by atoms with Gasteiger partial charge in [-0.3, -0.25) is 0 Å². The topological polar surface area (TPSA) is 104 Å². The number of hydrogen-bond donors (Lipinski definition) is 3. The van der Waals surface area contributed by atoms with Crippen molar-refractivity contribution < 1.29 is 29.6 Å². The number of ether oxygens (including phenoxy) is 1. The van der Waals surface area contributed by atoms with Crippen molar-refractivity contribution in [3.05, 3.63) is 90.0 Å². The van der Waals surface area contributed by atoms with Gasteiger partial charge in [0.15, 0.2) is 0 Å². The molecular weight excluding hydrogens is 408 g/mol. The van der Waals surface area contributed by atoms with E-state index in [-0.39, 0.29) is 28.4 Å². The summed E-state index contributed by atoms with van der Waals surface area (Å²) in [6, 6.07) is 21.4. The first-order valence-corrected chi connectivity index (χ1v) is 9.78. The Morgan fingerprint density at radius 1 is 0.625 bits per heavy atom. The highest BCUT2D eigenvalue weighted by Crippen LogP contribution is 2.52. The summed E-state index contributed by atoms with van der Waals surface area (Å²) in [5.41, 5.74) is 5.26. The van der Waals surface area contributed by atoms with E-state index in [1.807, 2.05) is 42.5 Å². The zero-order valence-electron chi connectivity index (χ0n) is 16.6. The zero-order valence-corrected chi connectivity index (χ0v) is 16.6. The number of carbonyl (C=O) groups excluding carboxylic acids is 1. The molecule has 32 heavy (non-hydrogen) atoms. The van der Waals surface area contributed by atoms with Gasteiger partial charge >= 0.3 is 11.9 Å². The minimum absolute atomic E-state index is 0.0228. The standard InChI is InChI=1S/C26H16O6/c27-14-8-10-20(26(31)32-23-13-15(28)9-11-21(23)25(29)30)22(12-14)19-7-3-6-18-16-4-1-2-5-17(16)24(18)19/h1-13,27-28H,(H,29,30). The quantitative estimate of drug-likeness (QED) is 0.266. The number of carboxylic acid groups (broad SMARTS) is 1. The SMILES string of the molecule is O=C(O)c1ccc(O)cc1OC(=O)c1ccc(O)cc1-c1cccc2c1-c1ccccc1-2. The third kappa shape index (κ3) is 3.06. The van der Waals surface area contributed by atoms with Gasteiger partial charge in [0, 0.05) is 11.6 Å². The molecule has 4 aromatic rings. The summed E-state index contributed by atoms with van der Waals surface area (Å²) in [5.74, 6) is -2.62. The molecular formula is C26H16O6. The molecule has 0 aliphatic heterocycles. The van der Waals surface area contributed by atoms with E-state index in [1.165, 1.54) is 24.3 Å². The number of rotatable bonds is 4. The second kappa shape index (κ2) is 7.28. The van der Waals surface area contributed by atoms with Crippen LogP contribution in [0.1, 0.15) is 20.7 Å². The molecule has 0 saturated carbocycles. The number of esters is 1. The number of aromatic hydroxyl groups is 2. The monoisotopic (exact) mass is 424 g/mol. The molecule has 0 amide bonds. The second-order valence-electron chi connectivity index (χ2n) is 7.38. The van der Waals surface area contributed by atoms with Crippen molar-refractivity contribution in [3.63, 3.8) is 0 Å². The maximum Gasteiger partial charge on any atom is 0.344 e. The lowest BCUT2D eigenvalue weighted by molar-refractivity contribution is 0.0681. The van der Waals surface area contributed by atoms with Gasteiger partial charge in [0.25, 0.3) is 0 Å². The second-order valence-corrected chi connectivity index (χ2v) is 7.38. The number of hydrogen-bond acceptors (Lipinski definition) is 5. The highest BCUT2D eigenvalue weighted by atomic mass is 16.5. The van der Waals surface area contributed by atoms with Crippen LogP contribution in [-0.2, 0) is 0 Å². The van der Waals surface area contributed by atoms with Gasteiger partial charge in [0.2, 0.25) is 0 Å². The maximum absolute atomic E-state index is 13.1. The Morgan fingerprint density at radius 3 is 1.94 bits per heavy atom. The first kappa shape index (κ1) is 19.4. The van der Waals surface area contributed by atoms with Gasteiger partial charge in [-0.1, -0.05) is 42.5 Å². The van der Waals surface area contributed by atoms with E-state index < -0.39 is 11.9 Å². The Kier molecular flexibility index (Phi) is 4.41. The fourth-order valence-corrected chi connectivity index (χ4v) is 4.02. The summed E-state index contributed by atoms with van der Waals surface area (Å²) in [6.07, 6.45) is 0. The van der Waals surface area contributed by atoms with Crippen LogP contribution in [0.4, 0.5) is 0 Å². The van der Waals surface area contributed by atoms with Gasteiger partial charge in [-0.15, -0.1) is 0 Å². The number of phenolic OH excluding ortho intramolecular Hbond substituents is 2. The Bertz CT molecular complexity index is 1420. The molecule has 6 nitrogen and oxygen atoms in total. The highest BCUT2D eigenvalue weighted by Gasteiger charge is 2.27. The van der Waals surface area contributed by atoms with E-state index in [9.17, 15) is 24.9 Å². The van der Waals surface area contributed by atoms with Crippen molar-refractivity contribution in [2.45, 2.75) is 0 Å². The summed E-state index contributed by atoms with van der Waals surface area (Å²) < 4.78 is 5.37. The smallest absolute Gasteiger partial charge is 0.344 e. The zero-order chi connectivity index (χ0) is 22.4. The number of aromatic carboxylic acids is 1. The van der Waals surface area contributed by atoms with Crippen molar-refractivity contribution in [1.82, 2.24) is 0 Å². The lowest BCUT2D eigenvalue weighted by atomic mass is 9.76. The van der Waals surface area contributed by atoms with Crippen molar-refractivity contribution >= 4 is 11.9 Å². The van der Waals surface area contributed by atoms with Gasteiger partial charge in [-0.2, -0.15) is 0 Å². The highest BCUT2D eigenvalue weighted by molar-refractivity contribution is 6.11. The van der Waals surface area contributed by atoms with Crippen molar-refractivity contribution in [1.29, 1.82) is 0 Å². The fourth-order valence-electron chi connectivity index (χ4n) is 4.02. The minimum atomic E-state index is -1.29. The van der Waals surface area contributed by atoms with Crippen LogP contribution in [0.15, 0.2) is 78.9 Å². The van der Waals surface area contributed by atoms with E-state index in [0.29, 0.717) is 5.56 Å². The molecule has 0 bridgehead atoms. The molecule has 0 saturated heterocycles. The third-order valence-electron chi connectivity index (χ3n) is 5.46. The van der Waals surface area contributed by atoms with Gasteiger partial charge in [-0.05, 0) is 58.1 Å². The van der Waals surface area contributed by atoms with Crippen molar-refractivity contribution in [2.24, 2.45) is 0 Å². The Balaban J connectivity index is 1.60. The molecule has 1 aliphatic rings. The average Bonchev–Trinajstić information content (AvgIpc) is 2.76. The molecule has 0 unspecified atom stereocenters. The van der Waals surface area contributed by atoms with Gasteiger partial charge < -0.3 is 20.1 Å². The number of benzene rings is 4. The molecule has 0 aromatic heterocycles. The van der Waals surface area contributed by atoms with E-state index >= 15 is 0 Å². The summed E-state index contributed by atoms with van der Waals surface area (Å²) in [6.45, 7) is 0. The van der Waals surface area contributed by atoms with Crippen LogP contribution in [0.3, 0.4) is 0 Å². The summed E-state index contributed by atoms with van der Waals surface area (Å²) in [5, 5.41) is 29.2. The van der Waals surface area contributed by atoms with Crippen LogP contribution in [0.5, 0.6) is 17.2 Å². The lowest BCUT2D eigenvalue weighted by Gasteiger charge is -2.27. The largest absolute Gasteiger partial charge is 0.508 e. The predicted octanol–water partition coefficient (Wildman–Crippen LogP) is 5.33. The van der Waals surface area contributed by atoms with Gasteiger partial charge in [-0.25, -0.2) is 9.59 Å². The molecule has 0 atom stereocenters. The molecule has 6 heteroatoms. The van der Waals surface area contributed by atoms with Crippen LogP contribution in [-0.4, -0.2) is 27.3 Å². The number of phenols is 2. The van der Waals surface area contributed by atoms with Crippen molar-refractivity contribution in [2.75, 3.05) is 0 Å². The Labute approximate surface area is 182 Å². The van der Waals surface area contributed by atoms with Crippen LogP contribution in [0.2, 0.25) is 0 Å². The summed E-state index contributed by atoms with van der Waals surface area (Å²) >= 11 is 0. The predicted molar refractivity (Wildman–Crippen MR) is 118 cm³/mol. The third-order valence-corrected chi connectivity index (χ3v) is 5.46. The molecule has 0 fully saturated rings. The summed E-state index contributed by atoms with van der Waals surface area (Å²) in [4.78, 5) is 24.6. The van der Waals surface area contributed by atoms with Crippen molar-refractivity contribution in [3.8, 4) is 50.6 Å². The Hall–Kier alpha value is -4.58. The number of fused-ring (bicyclic) bond motifs is 4. The first-order valence-electron chi connectivity index (χ1n) is 9.78. The van der Waals surface area contributed by atoms with E-state index in [4.69, 9.17) is 4.74 Å². The average molecular weight is 424 g/mol. The minimum Gasteiger partial charge on any atom is -0.508 e. The lowest BCUT2D eigenvalue weighted by Crippen LogP contribution is -2.13. The molecule has 4 aromatic carbocycles. The van der Waals surface area contributed by atoms with Crippen LogP contribution >= 0.6 is 0 Å². The maximum atomic E-state index is 13.1. The van der Waals surface area contributed by atoms with Crippen LogP contribution in [0.25, 0.3) is 33.4 Å². The van der Waals surface area contributed by atoms with E-state index in [1.54, 1.807) is 0 Å².